The van der Waals surface area contributed by atoms with E-state index in [2.05, 4.69) is 15.1 Å². The number of anilines is 2. The fourth-order valence-electron chi connectivity index (χ4n) is 5.74. The highest BCUT2D eigenvalue weighted by Crippen LogP contribution is 2.35. The highest BCUT2D eigenvalue weighted by molar-refractivity contribution is 7.89. The minimum Gasteiger partial charge on any atom is -0.443 e. The molecule has 0 atom stereocenters. The van der Waals surface area contributed by atoms with E-state index in [0.717, 1.165) is 21.7 Å². The molecule has 0 bridgehead atoms. The molecule has 0 aliphatic carbocycles. The molecule has 3 amide bonds. The minimum atomic E-state index is -3.78. The minimum absolute atomic E-state index is 0.0319. The van der Waals surface area contributed by atoms with E-state index in [1.807, 2.05) is 30.3 Å². The van der Waals surface area contributed by atoms with Gasteiger partial charge in [-0.3, -0.25) is 15.2 Å². The van der Waals surface area contributed by atoms with Crippen LogP contribution in [0.5, 0.6) is 0 Å². The van der Waals surface area contributed by atoms with Gasteiger partial charge in [0, 0.05) is 35.3 Å². The fraction of sp³-hybridized carbons (Fsp3) is 0.350. The van der Waals surface area contributed by atoms with E-state index in [0.29, 0.717) is 34.9 Å². The SMILES string of the molecule is CC(C)(C)NS(=O)(=O)c1ccccc1-c1ccc2c(c1)CCN2NC(=O)/C=C\c1ccc2ccnc(N(C(=O)OC(C)(C)C)C(=O)OC(C)(C)C)c2c1. The monoisotopic (exact) mass is 741 g/mol. The largest absolute Gasteiger partial charge is 0.443 e. The molecular formula is C40H47N5O7S. The van der Waals surface area contributed by atoms with Crippen molar-refractivity contribution in [3.63, 3.8) is 0 Å². The maximum absolute atomic E-state index is 13.3. The number of carbonyl (C=O) groups is 3. The number of hydrogen-bond acceptors (Lipinski definition) is 9. The number of fused-ring (bicyclic) bond motifs is 2. The number of hydrazine groups is 1. The molecule has 0 saturated carbocycles. The summed E-state index contributed by atoms with van der Waals surface area (Å²) in [4.78, 5) is 45.2. The first-order valence-electron chi connectivity index (χ1n) is 17.3. The van der Waals surface area contributed by atoms with Crippen LogP contribution in [0.15, 0.2) is 83.9 Å². The summed E-state index contributed by atoms with van der Waals surface area (Å²) in [7, 11) is -3.78. The molecule has 1 aromatic heterocycles. The number of hydrogen-bond donors (Lipinski definition) is 2. The summed E-state index contributed by atoms with van der Waals surface area (Å²) < 4.78 is 40.3. The van der Waals surface area contributed by atoms with Gasteiger partial charge in [0.25, 0.3) is 5.91 Å². The van der Waals surface area contributed by atoms with Crippen LogP contribution in [-0.2, 0) is 30.7 Å². The standard InChI is InChI=1S/C40H47N5O7S/c1-38(2,3)43-53(49,50)33-13-11-10-12-30(33)28-17-18-32-29(25-28)21-23-44(32)42-34(46)19-15-26-14-16-27-20-22-41-35(31(27)24-26)45(36(47)51-39(4,5)6)37(48)52-40(7,8)9/h10-20,22,24-25,43H,21,23H2,1-9H3,(H,42,46)/b19-15-. The molecule has 0 radical (unpaired) electrons. The Labute approximate surface area is 311 Å². The van der Waals surface area contributed by atoms with E-state index < -0.39 is 39.0 Å². The summed E-state index contributed by atoms with van der Waals surface area (Å²) in [5, 5.41) is 2.93. The predicted molar refractivity (Wildman–Crippen MR) is 207 cm³/mol. The number of rotatable bonds is 7. The summed E-state index contributed by atoms with van der Waals surface area (Å²) in [5.74, 6) is -0.341. The van der Waals surface area contributed by atoms with Gasteiger partial charge in [-0.2, -0.15) is 4.90 Å². The van der Waals surface area contributed by atoms with Crippen LogP contribution in [0.2, 0.25) is 0 Å². The second-order valence-corrected chi connectivity index (χ2v) is 17.5. The Hall–Kier alpha value is -5.27. The number of carbonyl (C=O) groups excluding carboxylic acids is 3. The Kier molecular flexibility index (Phi) is 10.8. The molecular weight excluding hydrogens is 695 g/mol. The third-order valence-corrected chi connectivity index (χ3v) is 9.52. The zero-order valence-electron chi connectivity index (χ0n) is 31.6. The zero-order valence-corrected chi connectivity index (χ0v) is 32.4. The molecule has 0 spiro atoms. The van der Waals surface area contributed by atoms with Gasteiger partial charge >= 0.3 is 12.2 Å². The highest BCUT2D eigenvalue weighted by Gasteiger charge is 2.35. The van der Waals surface area contributed by atoms with Crippen LogP contribution in [0, 0.1) is 0 Å². The van der Waals surface area contributed by atoms with Gasteiger partial charge in [-0.05, 0) is 127 Å². The number of amides is 3. The summed E-state index contributed by atoms with van der Waals surface area (Å²) in [6.07, 6.45) is 3.29. The quantitative estimate of drug-likeness (QED) is 0.181. The molecule has 12 nitrogen and oxygen atoms in total. The lowest BCUT2D eigenvalue weighted by molar-refractivity contribution is -0.116. The van der Waals surface area contributed by atoms with E-state index in [9.17, 15) is 22.8 Å². The van der Waals surface area contributed by atoms with Crippen LogP contribution in [0.25, 0.3) is 28.0 Å². The van der Waals surface area contributed by atoms with Crippen molar-refractivity contribution in [3.05, 3.63) is 90.1 Å². The van der Waals surface area contributed by atoms with Gasteiger partial charge in [-0.25, -0.2) is 27.7 Å². The zero-order chi connectivity index (χ0) is 38.9. The maximum Gasteiger partial charge on any atom is 0.425 e. The van der Waals surface area contributed by atoms with E-state index in [1.54, 1.807) is 110 Å². The van der Waals surface area contributed by atoms with Crippen molar-refractivity contribution in [2.75, 3.05) is 16.5 Å². The molecule has 0 unspecified atom stereocenters. The normalized spacial score (nSPS) is 13.6. The number of ether oxygens (including phenoxy) is 2. The Bertz CT molecular complexity index is 2170. The number of nitrogens with one attached hydrogen (secondary N) is 2. The van der Waals surface area contributed by atoms with E-state index in [1.165, 1.54) is 12.3 Å². The first kappa shape index (κ1) is 38.9. The smallest absolute Gasteiger partial charge is 0.425 e. The van der Waals surface area contributed by atoms with Gasteiger partial charge in [0.1, 0.15) is 11.2 Å². The van der Waals surface area contributed by atoms with Crippen LogP contribution < -0.4 is 20.1 Å². The molecule has 0 fully saturated rings. The molecule has 2 heterocycles. The van der Waals surface area contributed by atoms with Gasteiger partial charge in [-0.15, -0.1) is 0 Å². The Balaban J connectivity index is 1.36. The molecule has 1 aliphatic rings. The lowest BCUT2D eigenvalue weighted by Crippen LogP contribution is -2.44. The fourth-order valence-corrected chi connectivity index (χ4v) is 7.39. The van der Waals surface area contributed by atoms with Crippen molar-refractivity contribution in [2.45, 2.75) is 90.4 Å². The van der Waals surface area contributed by atoms with Gasteiger partial charge < -0.3 is 9.47 Å². The number of aromatic nitrogens is 1. The first-order chi connectivity index (χ1) is 24.6. The maximum atomic E-state index is 13.3. The van der Waals surface area contributed by atoms with Crippen LogP contribution in [0.3, 0.4) is 0 Å². The number of pyridine rings is 1. The van der Waals surface area contributed by atoms with Crippen molar-refractivity contribution in [2.24, 2.45) is 0 Å². The molecule has 3 aromatic carbocycles. The first-order valence-corrected chi connectivity index (χ1v) is 18.8. The molecule has 1 aliphatic heterocycles. The van der Waals surface area contributed by atoms with Crippen molar-refractivity contribution in [3.8, 4) is 11.1 Å². The van der Waals surface area contributed by atoms with E-state index in [-0.39, 0.29) is 16.6 Å². The molecule has 0 saturated heterocycles. The third-order valence-electron chi connectivity index (χ3n) is 7.71. The number of sulfonamides is 1. The Morgan fingerprint density at radius 3 is 2.15 bits per heavy atom. The van der Waals surface area contributed by atoms with Gasteiger partial charge in [0.05, 0.1) is 10.6 Å². The molecule has 2 N–H and O–H groups in total. The van der Waals surface area contributed by atoms with Crippen molar-refractivity contribution in [1.29, 1.82) is 0 Å². The lowest BCUT2D eigenvalue weighted by atomic mass is 10.0. The van der Waals surface area contributed by atoms with Crippen molar-refractivity contribution in [1.82, 2.24) is 15.1 Å². The average Bonchev–Trinajstić information content (AvgIpc) is 3.42. The molecule has 13 heteroatoms. The van der Waals surface area contributed by atoms with Crippen LogP contribution in [0.4, 0.5) is 21.1 Å². The molecule has 5 rings (SSSR count). The average molecular weight is 742 g/mol. The second-order valence-electron chi connectivity index (χ2n) is 15.8. The van der Waals surface area contributed by atoms with E-state index >= 15 is 0 Å². The van der Waals surface area contributed by atoms with Crippen molar-refractivity contribution >= 4 is 56.5 Å². The molecule has 53 heavy (non-hydrogen) atoms. The third kappa shape index (κ3) is 9.79. The summed E-state index contributed by atoms with van der Waals surface area (Å²) in [6, 6.07) is 19.7. The van der Waals surface area contributed by atoms with Crippen LogP contribution in [0.1, 0.15) is 73.4 Å². The molecule has 280 valence electrons. The highest BCUT2D eigenvalue weighted by atomic mass is 32.2. The van der Waals surface area contributed by atoms with Gasteiger partial charge in [0.2, 0.25) is 10.0 Å². The Morgan fingerprint density at radius 2 is 1.51 bits per heavy atom. The van der Waals surface area contributed by atoms with Gasteiger partial charge in [-0.1, -0.05) is 36.4 Å². The van der Waals surface area contributed by atoms with Crippen LogP contribution in [-0.4, -0.2) is 54.8 Å². The van der Waals surface area contributed by atoms with E-state index in [4.69, 9.17) is 9.47 Å². The number of benzene rings is 3. The van der Waals surface area contributed by atoms with Crippen molar-refractivity contribution < 1.29 is 32.3 Å². The second kappa shape index (κ2) is 14.6. The summed E-state index contributed by atoms with van der Waals surface area (Å²) in [5.41, 5.74) is 4.26. The number of nitrogens with zero attached hydrogens (tertiary/aromatic N) is 3. The molecule has 4 aromatic rings. The van der Waals surface area contributed by atoms with Crippen LogP contribution >= 0.6 is 0 Å². The predicted octanol–water partition coefficient (Wildman–Crippen LogP) is 7.76. The van der Waals surface area contributed by atoms with Gasteiger partial charge in [0.15, 0.2) is 5.82 Å². The topological polar surface area (TPSA) is 147 Å². The Morgan fingerprint density at radius 1 is 0.849 bits per heavy atom. The summed E-state index contributed by atoms with van der Waals surface area (Å²) in [6.45, 7) is 16.1. The number of imide groups is 1. The summed E-state index contributed by atoms with van der Waals surface area (Å²) >= 11 is 0. The lowest BCUT2D eigenvalue weighted by Gasteiger charge is -2.28.